The van der Waals surface area contributed by atoms with E-state index in [-0.39, 0.29) is 11.8 Å². The van der Waals surface area contributed by atoms with Gasteiger partial charge in [-0.2, -0.15) is 5.26 Å². The quantitative estimate of drug-likeness (QED) is 0.708. The summed E-state index contributed by atoms with van der Waals surface area (Å²) >= 11 is 1.62. The van der Waals surface area contributed by atoms with E-state index in [1.54, 1.807) is 11.3 Å². The van der Waals surface area contributed by atoms with E-state index in [9.17, 15) is 5.26 Å². The predicted molar refractivity (Wildman–Crippen MR) is 105 cm³/mol. The maximum absolute atomic E-state index is 9.77. The van der Waals surface area contributed by atoms with E-state index in [0.29, 0.717) is 11.3 Å². The number of rotatable bonds is 3. The van der Waals surface area contributed by atoms with Crippen molar-refractivity contribution in [2.75, 3.05) is 0 Å². The molecule has 0 radical (unpaired) electrons. The topological polar surface area (TPSA) is 59.0 Å². The van der Waals surface area contributed by atoms with Crippen LogP contribution in [0, 0.1) is 11.3 Å². The van der Waals surface area contributed by atoms with Crippen LogP contribution in [0.15, 0.2) is 89.6 Å². The van der Waals surface area contributed by atoms with Crippen LogP contribution in [-0.4, -0.2) is 0 Å². The smallest absolute Gasteiger partial charge is 0.205 e. The molecule has 1 aliphatic heterocycles. The second kappa shape index (κ2) is 6.91. The molecule has 0 fully saturated rings. The number of benzene rings is 2. The molecule has 0 unspecified atom stereocenters. The third-order valence-corrected chi connectivity index (χ3v) is 5.31. The molecule has 4 heteroatoms. The fraction of sp³-hybridized carbons (Fsp3) is 0.0455. The highest BCUT2D eigenvalue weighted by atomic mass is 32.1. The SMILES string of the molecule is N#CC1=C(N)OC(c2ccccc2)=C(c2ccccc2)[C@@H]1c1cccs1. The van der Waals surface area contributed by atoms with Crippen LogP contribution in [0.1, 0.15) is 21.9 Å². The highest BCUT2D eigenvalue weighted by molar-refractivity contribution is 7.10. The van der Waals surface area contributed by atoms with Crippen molar-refractivity contribution in [3.8, 4) is 6.07 Å². The molecule has 0 aliphatic carbocycles. The molecule has 0 saturated carbocycles. The molecule has 1 aromatic heterocycles. The Morgan fingerprint density at radius 3 is 2.12 bits per heavy atom. The molecule has 26 heavy (non-hydrogen) atoms. The van der Waals surface area contributed by atoms with Gasteiger partial charge in [0.1, 0.15) is 17.4 Å². The maximum Gasteiger partial charge on any atom is 0.205 e. The number of nitrogens with two attached hydrogens (primary N) is 1. The molecule has 0 amide bonds. The number of hydrogen-bond donors (Lipinski definition) is 1. The third kappa shape index (κ3) is 2.79. The van der Waals surface area contributed by atoms with Crippen molar-refractivity contribution in [2.45, 2.75) is 5.92 Å². The largest absolute Gasteiger partial charge is 0.440 e. The first-order valence-corrected chi connectivity index (χ1v) is 9.13. The molecular formula is C22H16N2OS. The summed E-state index contributed by atoms with van der Waals surface area (Å²) in [5.74, 6) is 0.627. The molecule has 0 spiro atoms. The van der Waals surface area contributed by atoms with Gasteiger partial charge in [0.05, 0.1) is 5.92 Å². The van der Waals surface area contributed by atoms with Crippen molar-refractivity contribution in [1.82, 2.24) is 0 Å². The fourth-order valence-corrected chi connectivity index (χ4v) is 4.06. The molecule has 3 nitrogen and oxygen atoms in total. The van der Waals surface area contributed by atoms with E-state index >= 15 is 0 Å². The van der Waals surface area contributed by atoms with Gasteiger partial charge in [0.25, 0.3) is 0 Å². The zero-order chi connectivity index (χ0) is 17.9. The van der Waals surface area contributed by atoms with E-state index in [1.165, 1.54) is 0 Å². The average Bonchev–Trinajstić information content (AvgIpc) is 3.23. The maximum atomic E-state index is 9.77. The average molecular weight is 356 g/mol. The van der Waals surface area contributed by atoms with Crippen molar-refractivity contribution in [1.29, 1.82) is 5.26 Å². The van der Waals surface area contributed by atoms with Crippen LogP contribution >= 0.6 is 11.3 Å². The first-order chi connectivity index (χ1) is 12.8. The Morgan fingerprint density at radius 2 is 1.54 bits per heavy atom. The minimum absolute atomic E-state index is 0.171. The summed E-state index contributed by atoms with van der Waals surface area (Å²) in [6.07, 6.45) is 0. The lowest BCUT2D eigenvalue weighted by molar-refractivity contribution is 0.364. The molecule has 1 aliphatic rings. The van der Waals surface area contributed by atoms with Gasteiger partial charge in [-0.3, -0.25) is 0 Å². The molecule has 0 bridgehead atoms. The van der Waals surface area contributed by atoms with Gasteiger partial charge >= 0.3 is 0 Å². The van der Waals surface area contributed by atoms with Gasteiger partial charge in [-0.1, -0.05) is 66.7 Å². The minimum atomic E-state index is -0.244. The summed E-state index contributed by atoms with van der Waals surface area (Å²) in [4.78, 5) is 1.07. The lowest BCUT2D eigenvalue weighted by Gasteiger charge is -2.29. The Balaban J connectivity index is 2.02. The fourth-order valence-electron chi connectivity index (χ4n) is 3.22. The Hall–Kier alpha value is -3.29. The Morgan fingerprint density at radius 1 is 0.885 bits per heavy atom. The van der Waals surface area contributed by atoms with E-state index in [4.69, 9.17) is 10.5 Å². The van der Waals surface area contributed by atoms with Crippen LogP contribution in [0.3, 0.4) is 0 Å². The predicted octanol–water partition coefficient (Wildman–Crippen LogP) is 5.12. The normalized spacial score (nSPS) is 17.0. The zero-order valence-electron chi connectivity index (χ0n) is 13.9. The van der Waals surface area contributed by atoms with Crippen LogP contribution in [0.2, 0.25) is 0 Å². The third-order valence-electron chi connectivity index (χ3n) is 4.37. The zero-order valence-corrected chi connectivity index (χ0v) is 14.7. The van der Waals surface area contributed by atoms with Crippen molar-refractivity contribution in [2.24, 2.45) is 5.73 Å². The van der Waals surface area contributed by atoms with Gasteiger partial charge in [-0.05, 0) is 17.0 Å². The monoisotopic (exact) mass is 356 g/mol. The van der Waals surface area contributed by atoms with Gasteiger partial charge < -0.3 is 10.5 Å². The number of nitriles is 1. The Labute approximate surface area is 156 Å². The molecule has 1 atom stereocenters. The van der Waals surface area contributed by atoms with Crippen molar-refractivity contribution in [3.05, 3.63) is 106 Å². The first kappa shape index (κ1) is 16.2. The number of ether oxygens (including phenoxy) is 1. The lowest BCUT2D eigenvalue weighted by Crippen LogP contribution is -2.19. The summed E-state index contributed by atoms with van der Waals surface area (Å²) in [6, 6.07) is 26.2. The number of nitrogens with zero attached hydrogens (tertiary/aromatic N) is 1. The molecule has 2 heterocycles. The van der Waals surface area contributed by atoms with Crippen LogP contribution in [0.5, 0.6) is 0 Å². The summed E-state index contributed by atoms with van der Waals surface area (Å²) < 4.78 is 5.99. The van der Waals surface area contributed by atoms with Crippen LogP contribution in [0.4, 0.5) is 0 Å². The molecule has 3 aromatic rings. The Bertz CT molecular complexity index is 1010. The highest BCUT2D eigenvalue weighted by Crippen LogP contribution is 2.48. The van der Waals surface area contributed by atoms with E-state index in [1.807, 2.05) is 78.2 Å². The second-order valence-corrected chi connectivity index (χ2v) is 6.89. The number of allylic oxidation sites excluding steroid dienone is 2. The Kier molecular flexibility index (Phi) is 4.30. The van der Waals surface area contributed by atoms with E-state index in [0.717, 1.165) is 21.6 Å². The standard InChI is InChI=1S/C22H16N2OS/c23-14-17-20(18-12-7-13-26-18)19(15-8-3-1-4-9-15)21(25-22(17)24)16-10-5-2-6-11-16/h1-13,20H,24H2/t20-/m0/s1. The van der Waals surface area contributed by atoms with E-state index in [2.05, 4.69) is 6.07 Å². The second-order valence-electron chi connectivity index (χ2n) is 5.92. The van der Waals surface area contributed by atoms with Gasteiger partial charge in [-0.15, -0.1) is 11.3 Å². The molecule has 2 N–H and O–H groups in total. The van der Waals surface area contributed by atoms with Crippen molar-refractivity contribution in [3.63, 3.8) is 0 Å². The summed E-state index contributed by atoms with van der Waals surface area (Å²) in [7, 11) is 0. The minimum Gasteiger partial charge on any atom is -0.440 e. The summed E-state index contributed by atoms with van der Waals surface area (Å²) in [5.41, 5.74) is 9.53. The van der Waals surface area contributed by atoms with Crippen LogP contribution in [0.25, 0.3) is 11.3 Å². The van der Waals surface area contributed by atoms with Crippen molar-refractivity contribution < 1.29 is 4.74 Å². The highest BCUT2D eigenvalue weighted by Gasteiger charge is 2.34. The van der Waals surface area contributed by atoms with E-state index < -0.39 is 0 Å². The number of thiophene rings is 1. The lowest BCUT2D eigenvalue weighted by atomic mass is 9.82. The van der Waals surface area contributed by atoms with Crippen LogP contribution in [-0.2, 0) is 4.74 Å². The number of hydrogen-bond acceptors (Lipinski definition) is 4. The summed E-state index contributed by atoms with van der Waals surface area (Å²) in [6.45, 7) is 0. The van der Waals surface area contributed by atoms with Crippen LogP contribution < -0.4 is 5.73 Å². The molecule has 4 rings (SSSR count). The molecule has 0 saturated heterocycles. The first-order valence-electron chi connectivity index (χ1n) is 8.25. The molecule has 126 valence electrons. The summed E-state index contributed by atoms with van der Waals surface area (Å²) in [5, 5.41) is 11.8. The van der Waals surface area contributed by atoms with Gasteiger partial charge in [0.2, 0.25) is 5.88 Å². The molecule has 2 aromatic carbocycles. The van der Waals surface area contributed by atoms with Gasteiger partial charge in [-0.25, -0.2) is 0 Å². The van der Waals surface area contributed by atoms with Crippen molar-refractivity contribution >= 4 is 22.7 Å². The van der Waals surface area contributed by atoms with Gasteiger partial charge in [0.15, 0.2) is 0 Å². The van der Waals surface area contributed by atoms with Gasteiger partial charge in [0, 0.05) is 16.0 Å². The molecular weight excluding hydrogens is 340 g/mol.